The first-order valence-corrected chi connectivity index (χ1v) is 8.76. The molecule has 0 saturated carbocycles. The van der Waals surface area contributed by atoms with Crippen LogP contribution in [0, 0.1) is 0 Å². The molecule has 0 heterocycles. The van der Waals surface area contributed by atoms with Crippen LogP contribution in [-0.4, -0.2) is 25.9 Å². The predicted molar refractivity (Wildman–Crippen MR) is 99.4 cm³/mol. The average molecular weight is 345 g/mol. The number of rotatable bonds is 7. The van der Waals surface area contributed by atoms with E-state index in [9.17, 15) is 4.79 Å². The van der Waals surface area contributed by atoms with Gasteiger partial charge < -0.3 is 14.8 Å². The molecule has 0 radical (unpaired) electrons. The molecule has 0 atom stereocenters. The van der Waals surface area contributed by atoms with E-state index in [0.29, 0.717) is 23.2 Å². The van der Waals surface area contributed by atoms with Crippen molar-refractivity contribution in [2.75, 3.05) is 25.3 Å². The van der Waals surface area contributed by atoms with Crippen LogP contribution in [0.2, 0.25) is 0 Å². The maximum atomic E-state index is 12.1. The number of methoxy groups -OCH3 is 2. The molecular formula is C19H23NO3S. The molecule has 5 heteroatoms. The highest BCUT2D eigenvalue weighted by molar-refractivity contribution is 8.00. The summed E-state index contributed by atoms with van der Waals surface area (Å²) in [5.41, 5.74) is 2.07. The van der Waals surface area contributed by atoms with Gasteiger partial charge in [-0.25, -0.2) is 0 Å². The lowest BCUT2D eigenvalue weighted by atomic mass is 10.0. The maximum Gasteiger partial charge on any atom is 0.234 e. The van der Waals surface area contributed by atoms with Gasteiger partial charge in [-0.1, -0.05) is 26.0 Å². The molecule has 0 aliphatic rings. The van der Waals surface area contributed by atoms with Crippen molar-refractivity contribution in [1.82, 2.24) is 0 Å². The number of ether oxygens (including phenoxy) is 2. The molecule has 128 valence electrons. The molecular weight excluding hydrogens is 322 g/mol. The van der Waals surface area contributed by atoms with Gasteiger partial charge in [-0.3, -0.25) is 4.79 Å². The third kappa shape index (κ3) is 4.93. The van der Waals surface area contributed by atoms with Crippen LogP contribution in [0.5, 0.6) is 11.5 Å². The topological polar surface area (TPSA) is 47.6 Å². The van der Waals surface area contributed by atoms with Gasteiger partial charge in [0.05, 0.1) is 20.0 Å². The number of carbonyl (C=O) groups excluding carboxylic acids is 1. The summed E-state index contributed by atoms with van der Waals surface area (Å²) in [6.07, 6.45) is 0. The SMILES string of the molecule is COc1ccc(SCC(=O)Nc2ccc(C(C)C)cc2)cc1OC. The average Bonchev–Trinajstić information content (AvgIpc) is 2.60. The fourth-order valence-corrected chi connectivity index (χ4v) is 2.93. The molecule has 24 heavy (non-hydrogen) atoms. The van der Waals surface area contributed by atoms with E-state index in [1.165, 1.54) is 17.3 Å². The minimum atomic E-state index is -0.0351. The molecule has 1 amide bonds. The van der Waals surface area contributed by atoms with E-state index >= 15 is 0 Å². The zero-order valence-corrected chi connectivity index (χ0v) is 15.3. The molecule has 0 unspecified atom stereocenters. The van der Waals surface area contributed by atoms with E-state index in [4.69, 9.17) is 9.47 Å². The molecule has 2 aromatic rings. The fraction of sp³-hybridized carbons (Fsp3) is 0.316. The largest absolute Gasteiger partial charge is 0.493 e. The lowest BCUT2D eigenvalue weighted by molar-refractivity contribution is -0.113. The van der Waals surface area contributed by atoms with Crippen molar-refractivity contribution in [2.24, 2.45) is 0 Å². The Morgan fingerprint density at radius 3 is 2.29 bits per heavy atom. The zero-order chi connectivity index (χ0) is 17.5. The Morgan fingerprint density at radius 2 is 1.71 bits per heavy atom. The van der Waals surface area contributed by atoms with Gasteiger partial charge in [0.1, 0.15) is 0 Å². The van der Waals surface area contributed by atoms with Crippen LogP contribution < -0.4 is 14.8 Å². The smallest absolute Gasteiger partial charge is 0.234 e. The number of anilines is 1. The lowest BCUT2D eigenvalue weighted by Crippen LogP contribution is -2.13. The molecule has 0 aromatic heterocycles. The van der Waals surface area contributed by atoms with E-state index in [1.807, 2.05) is 42.5 Å². The van der Waals surface area contributed by atoms with Gasteiger partial charge in [0, 0.05) is 10.6 Å². The van der Waals surface area contributed by atoms with Gasteiger partial charge in [0.25, 0.3) is 0 Å². The summed E-state index contributed by atoms with van der Waals surface area (Å²) in [5, 5.41) is 2.91. The number of thioether (sulfide) groups is 1. The van der Waals surface area contributed by atoms with Gasteiger partial charge in [-0.15, -0.1) is 11.8 Å². The standard InChI is InChI=1S/C19H23NO3S/c1-13(2)14-5-7-15(8-6-14)20-19(21)12-24-16-9-10-17(22-3)18(11-16)23-4/h5-11,13H,12H2,1-4H3,(H,20,21). The fourth-order valence-electron chi connectivity index (χ4n) is 2.20. The highest BCUT2D eigenvalue weighted by atomic mass is 32.2. The van der Waals surface area contributed by atoms with Crippen molar-refractivity contribution in [3.63, 3.8) is 0 Å². The molecule has 0 spiro atoms. The number of carbonyl (C=O) groups is 1. The van der Waals surface area contributed by atoms with Crippen molar-refractivity contribution in [3.05, 3.63) is 48.0 Å². The van der Waals surface area contributed by atoms with Gasteiger partial charge in [0.2, 0.25) is 5.91 Å². The van der Waals surface area contributed by atoms with Crippen LogP contribution >= 0.6 is 11.8 Å². The maximum absolute atomic E-state index is 12.1. The van der Waals surface area contributed by atoms with Crippen molar-refractivity contribution in [3.8, 4) is 11.5 Å². The molecule has 0 bridgehead atoms. The van der Waals surface area contributed by atoms with Crippen LogP contribution in [0.25, 0.3) is 0 Å². The normalized spacial score (nSPS) is 10.5. The van der Waals surface area contributed by atoms with Gasteiger partial charge in [-0.2, -0.15) is 0 Å². The first-order valence-electron chi connectivity index (χ1n) is 7.78. The summed E-state index contributed by atoms with van der Waals surface area (Å²) in [4.78, 5) is 13.1. The Labute approximate surface area is 147 Å². The van der Waals surface area contributed by atoms with E-state index < -0.39 is 0 Å². The van der Waals surface area contributed by atoms with Crippen LogP contribution in [0.3, 0.4) is 0 Å². The monoisotopic (exact) mass is 345 g/mol. The molecule has 0 fully saturated rings. The molecule has 2 rings (SSSR count). The Morgan fingerprint density at radius 1 is 1.04 bits per heavy atom. The third-order valence-electron chi connectivity index (χ3n) is 3.59. The van der Waals surface area contributed by atoms with Crippen molar-refractivity contribution < 1.29 is 14.3 Å². The molecule has 1 N–H and O–H groups in total. The van der Waals surface area contributed by atoms with Gasteiger partial charge in [0.15, 0.2) is 11.5 Å². The summed E-state index contributed by atoms with van der Waals surface area (Å²) in [5.74, 6) is 2.12. The molecule has 0 saturated heterocycles. The number of hydrogen-bond acceptors (Lipinski definition) is 4. The summed E-state index contributed by atoms with van der Waals surface area (Å²) >= 11 is 1.46. The van der Waals surface area contributed by atoms with Crippen LogP contribution in [0.15, 0.2) is 47.4 Å². The Kier molecular flexibility index (Phi) is 6.55. The quantitative estimate of drug-likeness (QED) is 0.748. The van der Waals surface area contributed by atoms with Crippen LogP contribution in [0.1, 0.15) is 25.3 Å². The van der Waals surface area contributed by atoms with E-state index in [-0.39, 0.29) is 5.91 Å². The highest BCUT2D eigenvalue weighted by Gasteiger charge is 2.08. The summed E-state index contributed by atoms with van der Waals surface area (Å²) in [6, 6.07) is 13.6. The number of amides is 1. The second-order valence-electron chi connectivity index (χ2n) is 5.63. The van der Waals surface area contributed by atoms with E-state index in [2.05, 4.69) is 19.2 Å². The number of hydrogen-bond donors (Lipinski definition) is 1. The zero-order valence-electron chi connectivity index (χ0n) is 14.5. The summed E-state index contributed by atoms with van der Waals surface area (Å²) in [7, 11) is 3.20. The van der Waals surface area contributed by atoms with Crippen molar-refractivity contribution in [1.29, 1.82) is 0 Å². The lowest BCUT2D eigenvalue weighted by Gasteiger charge is -2.10. The molecule has 0 aliphatic carbocycles. The minimum absolute atomic E-state index is 0.0351. The van der Waals surface area contributed by atoms with Gasteiger partial charge >= 0.3 is 0 Å². The van der Waals surface area contributed by atoms with Gasteiger partial charge in [-0.05, 0) is 41.8 Å². The Bertz CT molecular complexity index is 684. The first-order chi connectivity index (χ1) is 11.5. The van der Waals surface area contributed by atoms with Crippen LogP contribution in [0.4, 0.5) is 5.69 Å². The molecule has 2 aromatic carbocycles. The Hall–Kier alpha value is -2.14. The minimum Gasteiger partial charge on any atom is -0.493 e. The van der Waals surface area contributed by atoms with E-state index in [0.717, 1.165) is 10.6 Å². The predicted octanol–water partition coefficient (Wildman–Crippen LogP) is 4.56. The number of benzene rings is 2. The summed E-state index contributed by atoms with van der Waals surface area (Å²) < 4.78 is 10.5. The molecule has 0 aliphatic heterocycles. The summed E-state index contributed by atoms with van der Waals surface area (Å²) in [6.45, 7) is 4.29. The second kappa shape index (κ2) is 8.64. The first kappa shape index (κ1) is 18.2. The number of nitrogens with one attached hydrogen (secondary N) is 1. The third-order valence-corrected chi connectivity index (χ3v) is 4.58. The second-order valence-corrected chi connectivity index (χ2v) is 6.68. The van der Waals surface area contributed by atoms with Crippen molar-refractivity contribution >= 4 is 23.4 Å². The Balaban J connectivity index is 1.91. The van der Waals surface area contributed by atoms with Crippen LogP contribution in [-0.2, 0) is 4.79 Å². The van der Waals surface area contributed by atoms with E-state index in [1.54, 1.807) is 14.2 Å². The highest BCUT2D eigenvalue weighted by Crippen LogP contribution is 2.31. The molecule has 4 nitrogen and oxygen atoms in total. The van der Waals surface area contributed by atoms with Crippen molar-refractivity contribution in [2.45, 2.75) is 24.7 Å².